The molecule has 0 aliphatic heterocycles. The Bertz CT molecular complexity index is 832. The molecule has 3 amide bonds. The first-order valence-electron chi connectivity index (χ1n) is 10.2. The molecule has 8 heteroatoms. The molecule has 0 saturated heterocycles. The number of nitrogens with two attached hydrogens (primary N) is 1. The number of rotatable bonds is 11. The number of nitrogens with zero attached hydrogens (tertiary/aromatic N) is 1. The lowest BCUT2D eigenvalue weighted by atomic mass is 9.83. The fourth-order valence-electron chi connectivity index (χ4n) is 3.07. The minimum atomic E-state index is -0.931. The number of hydrogen-bond donors (Lipinski definition) is 4. The Morgan fingerprint density at radius 2 is 1.73 bits per heavy atom. The van der Waals surface area contributed by atoms with Crippen LogP contribution in [0.3, 0.4) is 0 Å². The minimum Gasteiger partial charge on any atom is -0.368 e. The molecule has 0 aliphatic rings. The van der Waals surface area contributed by atoms with Gasteiger partial charge in [-0.1, -0.05) is 51.1 Å². The van der Waals surface area contributed by atoms with Crippen molar-refractivity contribution in [1.82, 2.24) is 20.6 Å². The molecule has 162 valence electrons. The van der Waals surface area contributed by atoms with E-state index in [0.717, 1.165) is 5.56 Å². The van der Waals surface area contributed by atoms with E-state index in [2.05, 4.69) is 20.6 Å². The second-order valence-electron chi connectivity index (χ2n) is 7.71. The molecule has 2 aromatic rings. The molecule has 0 unspecified atom stereocenters. The van der Waals surface area contributed by atoms with Gasteiger partial charge >= 0.3 is 0 Å². The summed E-state index contributed by atoms with van der Waals surface area (Å²) in [5.41, 5.74) is 6.42. The van der Waals surface area contributed by atoms with Crippen molar-refractivity contribution < 1.29 is 14.4 Å². The number of hydrogen-bond acceptors (Lipinski definition) is 4. The maximum Gasteiger partial charge on any atom is 0.243 e. The third-order valence-corrected chi connectivity index (χ3v) is 5.64. The van der Waals surface area contributed by atoms with Gasteiger partial charge in [0.25, 0.3) is 0 Å². The van der Waals surface area contributed by atoms with Gasteiger partial charge in [-0.25, -0.2) is 4.98 Å². The number of benzene rings is 1. The van der Waals surface area contributed by atoms with Crippen LogP contribution >= 0.6 is 0 Å². The molecule has 5 N–H and O–H groups in total. The van der Waals surface area contributed by atoms with Crippen LogP contribution in [0.5, 0.6) is 0 Å². The molecule has 0 saturated carbocycles. The maximum absolute atomic E-state index is 13.1. The van der Waals surface area contributed by atoms with Gasteiger partial charge in [0.2, 0.25) is 17.7 Å². The summed E-state index contributed by atoms with van der Waals surface area (Å²) in [6, 6.07) is 7.64. The van der Waals surface area contributed by atoms with Crippen LogP contribution in [-0.4, -0.2) is 39.8 Å². The maximum atomic E-state index is 13.1. The number of amides is 3. The summed E-state index contributed by atoms with van der Waals surface area (Å²) in [6.45, 7) is 5.77. The van der Waals surface area contributed by atoms with Gasteiger partial charge in [0.05, 0.1) is 12.0 Å². The molecular formula is C22H31N5O3. The first kappa shape index (κ1) is 23.1. The minimum absolute atomic E-state index is 0.165. The first-order valence-corrected chi connectivity index (χ1v) is 10.2. The summed E-state index contributed by atoms with van der Waals surface area (Å²) in [4.78, 5) is 44.8. The van der Waals surface area contributed by atoms with Gasteiger partial charge in [-0.15, -0.1) is 0 Å². The average molecular weight is 414 g/mol. The number of primary amides is 1. The van der Waals surface area contributed by atoms with Crippen LogP contribution in [0.1, 0.15) is 44.9 Å². The second-order valence-corrected chi connectivity index (χ2v) is 7.71. The smallest absolute Gasteiger partial charge is 0.243 e. The number of aromatic nitrogens is 2. The van der Waals surface area contributed by atoms with Crippen LogP contribution in [0.15, 0.2) is 42.9 Å². The Balaban J connectivity index is 2.19. The van der Waals surface area contributed by atoms with Gasteiger partial charge in [-0.3, -0.25) is 14.4 Å². The van der Waals surface area contributed by atoms with Gasteiger partial charge in [0, 0.05) is 24.5 Å². The molecular weight excluding hydrogens is 382 g/mol. The second kappa shape index (κ2) is 10.6. The fourth-order valence-corrected chi connectivity index (χ4v) is 3.07. The normalized spacial score (nSPS) is 13.3. The Morgan fingerprint density at radius 3 is 2.27 bits per heavy atom. The summed E-state index contributed by atoms with van der Waals surface area (Å²) in [7, 11) is 0. The quantitative estimate of drug-likeness (QED) is 0.444. The van der Waals surface area contributed by atoms with Gasteiger partial charge in [0.1, 0.15) is 12.1 Å². The Morgan fingerprint density at radius 1 is 1.07 bits per heavy atom. The van der Waals surface area contributed by atoms with Gasteiger partial charge in [-0.2, -0.15) is 0 Å². The highest BCUT2D eigenvalue weighted by molar-refractivity contribution is 5.93. The van der Waals surface area contributed by atoms with Crippen LogP contribution < -0.4 is 16.4 Å². The number of imidazole rings is 1. The highest BCUT2D eigenvalue weighted by Crippen LogP contribution is 2.25. The summed E-state index contributed by atoms with van der Waals surface area (Å²) >= 11 is 0. The molecule has 1 aromatic carbocycles. The van der Waals surface area contributed by atoms with Crippen LogP contribution in [0, 0.1) is 5.41 Å². The molecule has 0 fully saturated rings. The van der Waals surface area contributed by atoms with Crippen molar-refractivity contribution in [3.05, 3.63) is 54.1 Å². The molecule has 30 heavy (non-hydrogen) atoms. The molecule has 0 spiro atoms. The van der Waals surface area contributed by atoms with Crippen LogP contribution in [0.4, 0.5) is 0 Å². The van der Waals surface area contributed by atoms with Crippen LogP contribution in [0.2, 0.25) is 0 Å². The van der Waals surface area contributed by atoms with E-state index in [9.17, 15) is 14.4 Å². The van der Waals surface area contributed by atoms with Crippen LogP contribution in [0.25, 0.3) is 0 Å². The van der Waals surface area contributed by atoms with Crippen molar-refractivity contribution in [2.75, 3.05) is 0 Å². The monoisotopic (exact) mass is 413 g/mol. The van der Waals surface area contributed by atoms with E-state index < -0.39 is 29.3 Å². The van der Waals surface area contributed by atoms with E-state index in [1.54, 1.807) is 6.20 Å². The van der Waals surface area contributed by atoms with Crippen molar-refractivity contribution in [3.63, 3.8) is 0 Å². The summed E-state index contributed by atoms with van der Waals surface area (Å²) in [5, 5.41) is 5.57. The van der Waals surface area contributed by atoms with E-state index in [4.69, 9.17) is 5.73 Å². The molecule has 2 rings (SSSR count). The lowest BCUT2D eigenvalue weighted by Crippen LogP contribution is -2.56. The average Bonchev–Trinajstić information content (AvgIpc) is 3.25. The Kier molecular flexibility index (Phi) is 8.15. The molecule has 8 nitrogen and oxygen atoms in total. The van der Waals surface area contributed by atoms with Gasteiger partial charge in [0.15, 0.2) is 0 Å². The molecule has 0 radical (unpaired) electrons. The van der Waals surface area contributed by atoms with Crippen molar-refractivity contribution in [1.29, 1.82) is 0 Å². The number of nitrogens with one attached hydrogen (secondary N) is 3. The lowest BCUT2D eigenvalue weighted by Gasteiger charge is -2.29. The zero-order chi connectivity index (χ0) is 22.1. The summed E-state index contributed by atoms with van der Waals surface area (Å²) < 4.78 is 0. The van der Waals surface area contributed by atoms with E-state index in [1.807, 2.05) is 51.1 Å². The van der Waals surface area contributed by atoms with Gasteiger partial charge < -0.3 is 21.4 Å². The molecule has 0 bridgehead atoms. The molecule has 2 atom stereocenters. The Hall–Kier alpha value is -3.16. The lowest BCUT2D eigenvalue weighted by molar-refractivity contribution is -0.135. The van der Waals surface area contributed by atoms with Crippen LogP contribution in [-0.2, 0) is 27.2 Å². The van der Waals surface area contributed by atoms with Crippen molar-refractivity contribution in [3.8, 4) is 0 Å². The van der Waals surface area contributed by atoms with Crippen molar-refractivity contribution in [2.24, 2.45) is 11.1 Å². The molecule has 1 heterocycles. The summed E-state index contributed by atoms with van der Waals surface area (Å²) in [6.07, 6.45) is 4.90. The standard InChI is InChI=1S/C22H31N5O3/c1-4-22(3,5-2)21(30)27-18(11-15-9-7-6-8-10-15)20(29)26-17(19(23)28)12-16-13-24-14-25-16/h6-10,13-14,17-18H,4-5,11-12H2,1-3H3,(H2,23,28)(H,24,25)(H,26,29)(H,27,30)/t17-,18-/m0/s1. The Labute approximate surface area is 177 Å². The van der Waals surface area contributed by atoms with E-state index in [1.165, 1.54) is 6.33 Å². The fraction of sp³-hybridized carbons (Fsp3) is 0.455. The third-order valence-electron chi connectivity index (χ3n) is 5.64. The number of carbonyl (C=O) groups excluding carboxylic acids is 3. The highest BCUT2D eigenvalue weighted by atomic mass is 16.2. The van der Waals surface area contributed by atoms with Crippen molar-refractivity contribution >= 4 is 17.7 Å². The van der Waals surface area contributed by atoms with E-state index in [0.29, 0.717) is 25.0 Å². The SMILES string of the molecule is CCC(C)(CC)C(=O)N[C@@H](Cc1ccccc1)C(=O)N[C@@H](Cc1c[nH]cn1)C(N)=O. The van der Waals surface area contributed by atoms with E-state index >= 15 is 0 Å². The third kappa shape index (κ3) is 6.17. The largest absolute Gasteiger partial charge is 0.368 e. The molecule has 0 aliphatic carbocycles. The zero-order valence-corrected chi connectivity index (χ0v) is 17.8. The predicted octanol–water partition coefficient (Wildman–Crippen LogP) is 1.48. The number of H-pyrrole nitrogens is 1. The first-order chi connectivity index (χ1) is 14.3. The van der Waals surface area contributed by atoms with Gasteiger partial charge in [-0.05, 0) is 18.4 Å². The summed E-state index contributed by atoms with van der Waals surface area (Å²) in [5.74, 6) is -1.31. The highest BCUT2D eigenvalue weighted by Gasteiger charge is 2.33. The number of aromatic amines is 1. The van der Waals surface area contributed by atoms with E-state index in [-0.39, 0.29) is 12.3 Å². The topological polar surface area (TPSA) is 130 Å². The van der Waals surface area contributed by atoms with Crippen molar-refractivity contribution in [2.45, 2.75) is 58.5 Å². The zero-order valence-electron chi connectivity index (χ0n) is 17.8. The number of carbonyl (C=O) groups is 3. The molecule has 1 aromatic heterocycles. The predicted molar refractivity (Wildman–Crippen MR) is 114 cm³/mol.